The van der Waals surface area contributed by atoms with Crippen molar-refractivity contribution >= 4 is 54.3 Å². The number of aryl methyl sites for hydroxylation is 1. The average molecular weight is 562 g/mol. The van der Waals surface area contributed by atoms with Crippen molar-refractivity contribution in [2.24, 2.45) is 0 Å². The van der Waals surface area contributed by atoms with Crippen LogP contribution < -0.4 is 0 Å². The Morgan fingerprint density at radius 2 is 1.30 bits per heavy atom. The van der Waals surface area contributed by atoms with Crippen LogP contribution in [0.15, 0.2) is 146 Å². The molecule has 0 saturated carbocycles. The number of fused-ring (bicyclic) bond motifs is 6. The Bertz CT molecular complexity index is 2560. The molecule has 0 aliphatic carbocycles. The number of hydrogen-bond donors (Lipinski definition) is 0. The summed E-state index contributed by atoms with van der Waals surface area (Å²) in [7, 11) is 0. The summed E-state index contributed by atoms with van der Waals surface area (Å²) in [5.41, 5.74) is 8.99. The van der Waals surface area contributed by atoms with Crippen molar-refractivity contribution in [2.45, 2.75) is 6.92 Å². The molecule has 0 aliphatic rings. The number of pyridine rings is 1. The molecule has 0 radical (unpaired) electrons. The van der Waals surface area contributed by atoms with Gasteiger partial charge >= 0.3 is 0 Å². The van der Waals surface area contributed by atoms with E-state index in [-0.39, 0.29) is 0 Å². The number of imidazole rings is 1. The van der Waals surface area contributed by atoms with Gasteiger partial charge in [0.25, 0.3) is 0 Å². The van der Waals surface area contributed by atoms with Crippen LogP contribution >= 0.6 is 0 Å². The second-order valence-corrected chi connectivity index (χ2v) is 11.5. The van der Waals surface area contributed by atoms with Crippen LogP contribution in [-0.2, 0) is 0 Å². The summed E-state index contributed by atoms with van der Waals surface area (Å²) in [4.78, 5) is 9.97. The van der Waals surface area contributed by atoms with Crippen LogP contribution in [0.25, 0.3) is 82.5 Å². The Kier molecular flexibility index (Phi) is 5.41. The van der Waals surface area contributed by atoms with E-state index in [2.05, 4.69) is 145 Å². The SMILES string of the molecule is Cc1ccc(-c2c3ccccc3cc3c2ccc2c(-c4nc5ccccc5n4-c4ccccc4)cccc23)c2cccnc12. The minimum absolute atomic E-state index is 0.943. The highest BCUT2D eigenvalue weighted by Gasteiger charge is 2.19. The summed E-state index contributed by atoms with van der Waals surface area (Å²) in [5, 5.41) is 8.52. The molecule has 0 fully saturated rings. The predicted molar refractivity (Wildman–Crippen MR) is 184 cm³/mol. The first-order valence-corrected chi connectivity index (χ1v) is 15.0. The van der Waals surface area contributed by atoms with E-state index in [0.717, 1.165) is 33.6 Å². The van der Waals surface area contributed by atoms with Crippen molar-refractivity contribution in [3.63, 3.8) is 0 Å². The van der Waals surface area contributed by atoms with Crippen molar-refractivity contribution < 1.29 is 0 Å². The molecule has 0 amide bonds. The van der Waals surface area contributed by atoms with Crippen LogP contribution in [0.3, 0.4) is 0 Å². The highest BCUT2D eigenvalue weighted by molar-refractivity contribution is 6.23. The molecule has 9 aromatic rings. The van der Waals surface area contributed by atoms with E-state index in [1.807, 2.05) is 12.3 Å². The van der Waals surface area contributed by atoms with Crippen molar-refractivity contribution in [1.29, 1.82) is 0 Å². The standard InChI is InChI=1S/C41H27N3/c1-26-20-21-32(34-17-10-24-42-40(26)34)39-29-14-6-5-11-27(29)25-36-30-15-9-16-35(31(30)22-23-33(36)39)41-43-37-18-7-8-19-38(37)44(41)28-12-3-2-4-13-28/h2-25H,1H3. The molecule has 206 valence electrons. The molecule has 0 bridgehead atoms. The second-order valence-electron chi connectivity index (χ2n) is 11.5. The van der Waals surface area contributed by atoms with Gasteiger partial charge in [-0.25, -0.2) is 4.98 Å². The Labute approximate surface area is 254 Å². The van der Waals surface area contributed by atoms with E-state index in [0.29, 0.717) is 0 Å². The molecule has 2 heterocycles. The normalized spacial score (nSPS) is 11.8. The largest absolute Gasteiger partial charge is 0.292 e. The summed E-state index contributed by atoms with van der Waals surface area (Å²) in [6, 6.07) is 49.9. The lowest BCUT2D eigenvalue weighted by Gasteiger charge is -2.17. The van der Waals surface area contributed by atoms with Gasteiger partial charge in [0.1, 0.15) is 5.82 Å². The van der Waals surface area contributed by atoms with Crippen molar-refractivity contribution in [1.82, 2.24) is 14.5 Å². The van der Waals surface area contributed by atoms with Crippen LogP contribution in [0.4, 0.5) is 0 Å². The van der Waals surface area contributed by atoms with E-state index in [4.69, 9.17) is 9.97 Å². The van der Waals surface area contributed by atoms with Crippen molar-refractivity contribution in [3.05, 3.63) is 151 Å². The van der Waals surface area contributed by atoms with Crippen LogP contribution in [0, 0.1) is 6.92 Å². The van der Waals surface area contributed by atoms with E-state index in [9.17, 15) is 0 Å². The summed E-state index contributed by atoms with van der Waals surface area (Å²) in [5.74, 6) is 0.943. The number of benzene rings is 7. The highest BCUT2D eigenvalue weighted by atomic mass is 15.1. The first-order valence-electron chi connectivity index (χ1n) is 15.0. The zero-order valence-corrected chi connectivity index (χ0v) is 24.2. The Morgan fingerprint density at radius 1 is 0.523 bits per heavy atom. The van der Waals surface area contributed by atoms with Crippen LogP contribution in [-0.4, -0.2) is 14.5 Å². The molecule has 2 aromatic heterocycles. The molecule has 0 N–H and O–H groups in total. The quantitative estimate of drug-likeness (QED) is 0.159. The Hall–Kier alpha value is -5.80. The van der Waals surface area contributed by atoms with Gasteiger partial charge in [0.2, 0.25) is 0 Å². The first kappa shape index (κ1) is 24.8. The van der Waals surface area contributed by atoms with Crippen molar-refractivity contribution in [3.8, 4) is 28.2 Å². The Morgan fingerprint density at radius 3 is 2.23 bits per heavy atom. The monoisotopic (exact) mass is 561 g/mol. The van der Waals surface area contributed by atoms with Gasteiger partial charge in [0.15, 0.2) is 0 Å². The minimum Gasteiger partial charge on any atom is -0.292 e. The lowest BCUT2D eigenvalue weighted by atomic mass is 9.87. The van der Waals surface area contributed by atoms with Gasteiger partial charge in [0.05, 0.1) is 16.6 Å². The molecule has 3 heteroatoms. The first-order chi connectivity index (χ1) is 21.8. The molecule has 3 nitrogen and oxygen atoms in total. The van der Waals surface area contributed by atoms with Gasteiger partial charge in [-0.2, -0.15) is 0 Å². The van der Waals surface area contributed by atoms with Gasteiger partial charge < -0.3 is 0 Å². The molecule has 0 spiro atoms. The number of hydrogen-bond acceptors (Lipinski definition) is 2. The second kappa shape index (κ2) is 9.62. The summed E-state index contributed by atoms with van der Waals surface area (Å²) < 4.78 is 2.28. The maximum atomic E-state index is 5.20. The third-order valence-corrected chi connectivity index (χ3v) is 8.96. The molecule has 0 atom stereocenters. The minimum atomic E-state index is 0.943. The van der Waals surface area contributed by atoms with Crippen LogP contribution in [0.5, 0.6) is 0 Å². The van der Waals surface area contributed by atoms with E-state index in [1.165, 1.54) is 54.4 Å². The number of para-hydroxylation sites is 3. The van der Waals surface area contributed by atoms with Crippen LogP contribution in [0.1, 0.15) is 5.56 Å². The van der Waals surface area contributed by atoms with E-state index >= 15 is 0 Å². The van der Waals surface area contributed by atoms with Gasteiger partial charge in [-0.3, -0.25) is 9.55 Å². The maximum absolute atomic E-state index is 5.20. The average Bonchev–Trinajstić information content (AvgIpc) is 3.47. The number of aromatic nitrogens is 3. The molecule has 9 rings (SSSR count). The van der Waals surface area contributed by atoms with Gasteiger partial charge in [-0.15, -0.1) is 0 Å². The Balaban J connectivity index is 1.39. The molecule has 7 aromatic carbocycles. The number of nitrogens with zero attached hydrogens (tertiary/aromatic N) is 3. The van der Waals surface area contributed by atoms with E-state index in [1.54, 1.807) is 0 Å². The summed E-state index contributed by atoms with van der Waals surface area (Å²) in [6.45, 7) is 2.14. The van der Waals surface area contributed by atoms with Gasteiger partial charge in [0, 0.05) is 22.8 Å². The number of rotatable bonds is 3. The molecule has 0 saturated heterocycles. The fourth-order valence-corrected chi connectivity index (χ4v) is 6.97. The molecular weight excluding hydrogens is 534 g/mol. The smallest absolute Gasteiger partial charge is 0.146 e. The zero-order chi connectivity index (χ0) is 29.2. The maximum Gasteiger partial charge on any atom is 0.146 e. The predicted octanol–water partition coefficient (Wildman–Crippen LogP) is 10.7. The molecule has 44 heavy (non-hydrogen) atoms. The fourth-order valence-electron chi connectivity index (χ4n) is 6.97. The lowest BCUT2D eigenvalue weighted by molar-refractivity contribution is 1.11. The van der Waals surface area contributed by atoms with E-state index < -0.39 is 0 Å². The van der Waals surface area contributed by atoms with Crippen LogP contribution in [0.2, 0.25) is 0 Å². The molecule has 0 unspecified atom stereocenters. The lowest BCUT2D eigenvalue weighted by Crippen LogP contribution is -1.98. The van der Waals surface area contributed by atoms with Gasteiger partial charge in [-0.1, -0.05) is 103 Å². The highest BCUT2D eigenvalue weighted by Crippen LogP contribution is 2.43. The fraction of sp³-hybridized carbons (Fsp3) is 0.0244. The zero-order valence-electron chi connectivity index (χ0n) is 24.2. The molecule has 0 aliphatic heterocycles. The summed E-state index contributed by atoms with van der Waals surface area (Å²) >= 11 is 0. The third kappa shape index (κ3) is 3.63. The van der Waals surface area contributed by atoms with Gasteiger partial charge in [-0.05, 0) is 92.3 Å². The summed E-state index contributed by atoms with van der Waals surface area (Å²) in [6.07, 6.45) is 1.89. The van der Waals surface area contributed by atoms with Crippen molar-refractivity contribution in [2.75, 3.05) is 0 Å². The third-order valence-electron chi connectivity index (χ3n) is 8.96. The molecular formula is C41H27N3. The topological polar surface area (TPSA) is 30.7 Å².